The van der Waals surface area contributed by atoms with Gasteiger partial charge in [0.1, 0.15) is 19.3 Å². The number of nitrogens with zero attached hydrogens (tertiary/aromatic N) is 3. The van der Waals surface area contributed by atoms with Crippen LogP contribution in [0.15, 0.2) is 48.5 Å². The molecule has 1 unspecified atom stereocenters. The Labute approximate surface area is 187 Å². The predicted molar refractivity (Wildman–Crippen MR) is 114 cm³/mol. The van der Waals surface area contributed by atoms with Crippen molar-refractivity contribution in [2.24, 2.45) is 0 Å². The Hall–Kier alpha value is -3.67. The van der Waals surface area contributed by atoms with Crippen LogP contribution in [0.1, 0.15) is 17.5 Å². The largest absolute Gasteiger partial charge is 0.459 e. The topological polar surface area (TPSA) is 142 Å². The Morgan fingerprint density at radius 1 is 0.906 bits per heavy atom. The number of thiol groups is 1. The van der Waals surface area contributed by atoms with Crippen molar-refractivity contribution in [1.29, 1.82) is 0 Å². The summed E-state index contributed by atoms with van der Waals surface area (Å²) < 4.78 is 10.5. The minimum Gasteiger partial charge on any atom is -0.459 e. The summed E-state index contributed by atoms with van der Waals surface area (Å²) >= 11 is 4.35. The van der Waals surface area contributed by atoms with Gasteiger partial charge in [0.2, 0.25) is 0 Å². The van der Waals surface area contributed by atoms with E-state index in [9.17, 15) is 29.8 Å². The number of hydrogen-bond donors (Lipinski definition) is 1. The summed E-state index contributed by atoms with van der Waals surface area (Å²) in [5.41, 5.74) is 0.976. The molecule has 12 heteroatoms. The van der Waals surface area contributed by atoms with Crippen LogP contribution in [-0.2, 0) is 27.5 Å². The minimum absolute atomic E-state index is 0.0734. The molecule has 2 atom stereocenters. The summed E-state index contributed by atoms with van der Waals surface area (Å²) in [6.45, 7) is -0.0229. The molecule has 2 aromatic rings. The number of esters is 1. The Morgan fingerprint density at radius 3 is 1.84 bits per heavy atom. The number of carbonyl (C=O) groups excluding carboxylic acids is 2. The maximum atomic E-state index is 12.6. The van der Waals surface area contributed by atoms with Crippen molar-refractivity contribution in [3.63, 3.8) is 0 Å². The van der Waals surface area contributed by atoms with Crippen LogP contribution in [0.2, 0.25) is 0 Å². The van der Waals surface area contributed by atoms with E-state index >= 15 is 0 Å². The Balaban J connectivity index is 1.55. The maximum absolute atomic E-state index is 12.6. The van der Waals surface area contributed by atoms with Gasteiger partial charge in [-0.05, 0) is 41.8 Å². The van der Waals surface area contributed by atoms with Gasteiger partial charge in [-0.2, -0.15) is 12.6 Å². The summed E-state index contributed by atoms with van der Waals surface area (Å²) in [5, 5.41) is 21.2. The normalized spacial score (nSPS) is 17.6. The minimum atomic E-state index is -0.875. The van der Waals surface area contributed by atoms with Crippen molar-refractivity contribution in [3.8, 4) is 0 Å². The van der Waals surface area contributed by atoms with E-state index in [1.807, 2.05) is 0 Å². The molecule has 0 aliphatic carbocycles. The van der Waals surface area contributed by atoms with Crippen LogP contribution in [-0.4, -0.2) is 44.6 Å². The molecular formula is C20H19N3O8S. The molecule has 0 radical (unpaired) electrons. The number of ether oxygens (including phenoxy) is 2. The van der Waals surface area contributed by atoms with Crippen molar-refractivity contribution in [1.82, 2.24) is 4.90 Å². The van der Waals surface area contributed by atoms with Gasteiger partial charge in [0.25, 0.3) is 11.4 Å². The van der Waals surface area contributed by atoms with Crippen LogP contribution < -0.4 is 0 Å². The number of nitro groups is 2. The number of rotatable bonds is 7. The molecule has 0 spiro atoms. The number of likely N-dealkylation sites (tertiary alicyclic amines) is 1. The molecule has 1 aliphatic rings. The van der Waals surface area contributed by atoms with E-state index in [0.29, 0.717) is 11.1 Å². The van der Waals surface area contributed by atoms with Crippen molar-refractivity contribution < 1.29 is 28.9 Å². The van der Waals surface area contributed by atoms with E-state index in [2.05, 4.69) is 12.6 Å². The zero-order chi connectivity index (χ0) is 23.3. The van der Waals surface area contributed by atoms with Crippen LogP contribution in [0.5, 0.6) is 0 Å². The number of carbonyl (C=O) groups is 2. The molecule has 3 rings (SSSR count). The molecule has 11 nitrogen and oxygen atoms in total. The standard InChI is InChI=1S/C20H19N3O8S/c24-19(30-11-13-1-5-15(6-2-13)22(26)27)18-9-17(32)10-21(18)20(25)31-12-14-3-7-16(8-4-14)23(28)29/h1-8,17-18,32H,9-12H2/t17?,18-/m0/s1. The molecule has 1 amide bonds. The van der Waals surface area contributed by atoms with E-state index in [1.54, 1.807) is 0 Å². The van der Waals surface area contributed by atoms with Gasteiger partial charge < -0.3 is 9.47 Å². The highest BCUT2D eigenvalue weighted by molar-refractivity contribution is 7.81. The van der Waals surface area contributed by atoms with Crippen molar-refractivity contribution in [3.05, 3.63) is 79.9 Å². The van der Waals surface area contributed by atoms with Crippen molar-refractivity contribution in [2.45, 2.75) is 30.9 Å². The molecule has 1 heterocycles. The molecule has 1 aliphatic heterocycles. The van der Waals surface area contributed by atoms with Gasteiger partial charge >= 0.3 is 12.1 Å². The molecular weight excluding hydrogens is 442 g/mol. The lowest BCUT2D eigenvalue weighted by atomic mass is 10.2. The quantitative estimate of drug-likeness (QED) is 0.287. The molecule has 0 N–H and O–H groups in total. The second kappa shape index (κ2) is 10.1. The van der Waals surface area contributed by atoms with E-state index in [1.165, 1.54) is 53.4 Å². The molecule has 32 heavy (non-hydrogen) atoms. The summed E-state index contributed by atoms with van der Waals surface area (Å²) in [6.07, 6.45) is -0.438. The average molecular weight is 461 g/mol. The SMILES string of the molecule is O=C(OCc1ccc([N+](=O)[O-])cc1)[C@@H]1CC(S)CN1C(=O)OCc1ccc([N+](=O)[O-])cc1. The number of amides is 1. The second-order valence-corrected chi connectivity index (χ2v) is 7.80. The average Bonchev–Trinajstić information content (AvgIpc) is 3.18. The lowest BCUT2D eigenvalue weighted by Crippen LogP contribution is -2.41. The van der Waals surface area contributed by atoms with Crippen LogP contribution in [0.25, 0.3) is 0 Å². The number of hydrogen-bond acceptors (Lipinski definition) is 9. The third kappa shape index (κ3) is 5.72. The monoisotopic (exact) mass is 461 g/mol. The van der Waals surface area contributed by atoms with Gasteiger partial charge in [0.05, 0.1) is 9.85 Å². The third-order valence-corrected chi connectivity index (χ3v) is 5.20. The Kier molecular flexibility index (Phi) is 7.25. The van der Waals surface area contributed by atoms with Crippen molar-refractivity contribution >= 4 is 36.1 Å². The molecule has 0 bridgehead atoms. The van der Waals surface area contributed by atoms with Gasteiger partial charge in [-0.1, -0.05) is 0 Å². The zero-order valence-electron chi connectivity index (χ0n) is 16.7. The first kappa shape index (κ1) is 23.0. The summed E-state index contributed by atoms with van der Waals surface area (Å²) in [5.74, 6) is -0.632. The highest BCUT2D eigenvalue weighted by atomic mass is 32.1. The Morgan fingerprint density at radius 2 is 1.38 bits per heavy atom. The van der Waals surface area contributed by atoms with Crippen molar-refractivity contribution in [2.75, 3.05) is 6.54 Å². The zero-order valence-corrected chi connectivity index (χ0v) is 17.6. The predicted octanol–water partition coefficient (Wildman–Crippen LogP) is 3.26. The number of non-ortho nitro benzene ring substituents is 2. The van der Waals surface area contributed by atoms with Gasteiger partial charge in [0.15, 0.2) is 0 Å². The number of nitro benzene ring substituents is 2. The van der Waals surface area contributed by atoms with Crippen LogP contribution >= 0.6 is 12.6 Å². The molecule has 0 aromatic heterocycles. The van der Waals surface area contributed by atoms with Crippen LogP contribution in [0.3, 0.4) is 0 Å². The van der Waals surface area contributed by atoms with Gasteiger partial charge in [-0.25, -0.2) is 9.59 Å². The summed E-state index contributed by atoms with van der Waals surface area (Å²) in [7, 11) is 0. The van der Waals surface area contributed by atoms with E-state index in [-0.39, 0.29) is 42.8 Å². The van der Waals surface area contributed by atoms with E-state index in [4.69, 9.17) is 9.47 Å². The fraction of sp³-hybridized carbons (Fsp3) is 0.300. The first-order valence-corrected chi connectivity index (χ1v) is 10.0. The lowest BCUT2D eigenvalue weighted by molar-refractivity contribution is -0.385. The van der Waals surface area contributed by atoms with Gasteiger partial charge in [-0.15, -0.1) is 0 Å². The first-order valence-electron chi connectivity index (χ1n) is 9.49. The molecule has 168 valence electrons. The van der Waals surface area contributed by atoms with Gasteiger partial charge in [0, 0.05) is 36.1 Å². The lowest BCUT2D eigenvalue weighted by Gasteiger charge is -2.22. The summed E-state index contributed by atoms with van der Waals surface area (Å²) in [4.78, 5) is 46.7. The van der Waals surface area contributed by atoms with Crippen LogP contribution in [0.4, 0.5) is 16.2 Å². The maximum Gasteiger partial charge on any atom is 0.410 e. The number of benzene rings is 2. The first-order chi connectivity index (χ1) is 15.2. The molecule has 1 saturated heterocycles. The third-order valence-electron chi connectivity index (χ3n) is 4.82. The highest BCUT2D eigenvalue weighted by Gasteiger charge is 2.40. The Bertz CT molecular complexity index is 931. The highest BCUT2D eigenvalue weighted by Crippen LogP contribution is 2.25. The second-order valence-electron chi connectivity index (χ2n) is 7.07. The molecule has 1 fully saturated rings. The molecule has 0 saturated carbocycles. The fourth-order valence-corrected chi connectivity index (χ4v) is 3.52. The van der Waals surface area contributed by atoms with E-state index in [0.717, 1.165) is 0 Å². The van der Waals surface area contributed by atoms with Gasteiger partial charge in [-0.3, -0.25) is 25.1 Å². The smallest absolute Gasteiger partial charge is 0.410 e. The van der Waals surface area contributed by atoms with E-state index < -0.39 is 28.0 Å². The van der Waals surface area contributed by atoms with Crippen LogP contribution in [0, 0.1) is 20.2 Å². The summed E-state index contributed by atoms with van der Waals surface area (Å²) in [6, 6.07) is 10.3. The fourth-order valence-electron chi connectivity index (χ4n) is 3.15. The molecule has 2 aromatic carbocycles.